The summed E-state index contributed by atoms with van der Waals surface area (Å²) in [5.41, 5.74) is 4.29. The van der Waals surface area contributed by atoms with Crippen LogP contribution in [0.5, 0.6) is 11.5 Å². The molecule has 0 aliphatic rings. The number of para-hydroxylation sites is 1. The summed E-state index contributed by atoms with van der Waals surface area (Å²) in [4.78, 5) is 31.8. The van der Waals surface area contributed by atoms with Crippen LogP contribution >= 0.6 is 0 Å². The Kier molecular flexibility index (Phi) is 6.44. The molecule has 7 heteroatoms. The van der Waals surface area contributed by atoms with E-state index in [4.69, 9.17) is 9.47 Å². The van der Waals surface area contributed by atoms with E-state index in [1.807, 2.05) is 38.1 Å². The van der Waals surface area contributed by atoms with E-state index in [1.54, 1.807) is 26.2 Å². The van der Waals surface area contributed by atoms with Crippen LogP contribution in [-0.4, -0.2) is 50.0 Å². The molecule has 2 aromatic carbocycles. The highest BCUT2D eigenvalue weighted by atomic mass is 16.5. The third-order valence-electron chi connectivity index (χ3n) is 5.26. The molecule has 2 amide bonds. The van der Waals surface area contributed by atoms with Gasteiger partial charge < -0.3 is 19.7 Å². The Morgan fingerprint density at radius 3 is 2.32 bits per heavy atom. The third kappa shape index (κ3) is 4.45. The second kappa shape index (κ2) is 9.04. The lowest BCUT2D eigenvalue weighted by Gasteiger charge is -2.18. The van der Waals surface area contributed by atoms with Gasteiger partial charge in [-0.25, -0.2) is 0 Å². The standard InChI is InChI=1S/C24H27N3O4/c1-14-16-9-7-8-10-19(16)25-15(2)17(14)12-23(28)26-20-13-22(31-6)21(30-5)11-18(20)24(29)27(3)4/h7-11,13H,12H2,1-6H3,(H,26,28). The number of ether oxygens (including phenoxy) is 2. The molecule has 7 nitrogen and oxygen atoms in total. The minimum absolute atomic E-state index is 0.138. The summed E-state index contributed by atoms with van der Waals surface area (Å²) in [6.07, 6.45) is 0.138. The number of amides is 2. The molecule has 0 atom stereocenters. The molecule has 1 N–H and O–H groups in total. The molecule has 162 valence electrons. The number of benzene rings is 2. The number of pyridine rings is 1. The minimum Gasteiger partial charge on any atom is -0.493 e. The second-order valence-corrected chi connectivity index (χ2v) is 7.50. The van der Waals surface area contributed by atoms with Crippen LogP contribution in [0.4, 0.5) is 5.69 Å². The van der Waals surface area contributed by atoms with Gasteiger partial charge in [-0.15, -0.1) is 0 Å². The SMILES string of the molecule is COc1cc(NC(=O)Cc2c(C)nc3ccccc3c2C)c(C(=O)N(C)C)cc1OC. The first-order chi connectivity index (χ1) is 14.8. The summed E-state index contributed by atoms with van der Waals surface area (Å²) in [7, 11) is 6.30. The summed E-state index contributed by atoms with van der Waals surface area (Å²) < 4.78 is 10.7. The number of hydrogen-bond acceptors (Lipinski definition) is 5. The van der Waals surface area contributed by atoms with Gasteiger partial charge in [-0.3, -0.25) is 14.6 Å². The smallest absolute Gasteiger partial charge is 0.255 e. The van der Waals surface area contributed by atoms with E-state index in [0.717, 1.165) is 27.7 Å². The number of aromatic nitrogens is 1. The zero-order chi connectivity index (χ0) is 22.7. The fraction of sp³-hybridized carbons (Fsp3) is 0.292. The Labute approximate surface area is 182 Å². The van der Waals surface area contributed by atoms with Crippen LogP contribution in [-0.2, 0) is 11.2 Å². The summed E-state index contributed by atoms with van der Waals surface area (Å²) in [6.45, 7) is 3.90. The first kappa shape index (κ1) is 22.1. The highest BCUT2D eigenvalue weighted by molar-refractivity contribution is 6.05. The first-order valence-electron chi connectivity index (χ1n) is 9.89. The Balaban J connectivity index is 1.96. The van der Waals surface area contributed by atoms with Gasteiger partial charge in [0.25, 0.3) is 5.91 Å². The lowest BCUT2D eigenvalue weighted by molar-refractivity contribution is -0.115. The number of anilines is 1. The fourth-order valence-electron chi connectivity index (χ4n) is 3.59. The molecule has 0 aliphatic heterocycles. The zero-order valence-corrected chi connectivity index (χ0v) is 18.7. The van der Waals surface area contributed by atoms with E-state index in [2.05, 4.69) is 10.3 Å². The number of carbonyl (C=O) groups is 2. The molecule has 3 aromatic rings. The van der Waals surface area contributed by atoms with E-state index in [-0.39, 0.29) is 18.2 Å². The predicted molar refractivity (Wildman–Crippen MR) is 121 cm³/mol. The average Bonchev–Trinajstić information content (AvgIpc) is 2.75. The lowest BCUT2D eigenvalue weighted by atomic mass is 9.99. The zero-order valence-electron chi connectivity index (χ0n) is 18.7. The van der Waals surface area contributed by atoms with Gasteiger partial charge in [0.1, 0.15) is 0 Å². The van der Waals surface area contributed by atoms with Crippen LogP contribution in [0.2, 0.25) is 0 Å². The molecule has 31 heavy (non-hydrogen) atoms. The maximum Gasteiger partial charge on any atom is 0.255 e. The van der Waals surface area contributed by atoms with Crippen LogP contribution in [0.3, 0.4) is 0 Å². The van der Waals surface area contributed by atoms with Crippen LogP contribution in [0.1, 0.15) is 27.2 Å². The molecule has 0 bridgehead atoms. The van der Waals surface area contributed by atoms with Crippen molar-refractivity contribution in [2.24, 2.45) is 0 Å². The van der Waals surface area contributed by atoms with E-state index in [0.29, 0.717) is 22.7 Å². The van der Waals surface area contributed by atoms with Crippen molar-refractivity contribution in [3.05, 3.63) is 58.8 Å². The van der Waals surface area contributed by atoms with Crippen molar-refractivity contribution in [1.82, 2.24) is 9.88 Å². The molecule has 0 saturated heterocycles. The van der Waals surface area contributed by atoms with Gasteiger partial charge in [0, 0.05) is 31.2 Å². The number of methoxy groups -OCH3 is 2. The largest absolute Gasteiger partial charge is 0.493 e. The van der Waals surface area contributed by atoms with Gasteiger partial charge in [-0.2, -0.15) is 0 Å². The molecule has 1 heterocycles. The topological polar surface area (TPSA) is 80.8 Å². The molecular formula is C24H27N3O4. The van der Waals surface area contributed by atoms with Crippen LogP contribution in [0.15, 0.2) is 36.4 Å². The van der Waals surface area contributed by atoms with Crippen LogP contribution in [0, 0.1) is 13.8 Å². The first-order valence-corrected chi connectivity index (χ1v) is 9.89. The summed E-state index contributed by atoms with van der Waals surface area (Å²) in [5, 5.41) is 3.89. The van der Waals surface area contributed by atoms with Gasteiger partial charge in [-0.05, 0) is 37.1 Å². The Morgan fingerprint density at radius 1 is 1.03 bits per heavy atom. The fourth-order valence-corrected chi connectivity index (χ4v) is 3.59. The van der Waals surface area contributed by atoms with Gasteiger partial charge in [-0.1, -0.05) is 18.2 Å². The van der Waals surface area contributed by atoms with Gasteiger partial charge >= 0.3 is 0 Å². The van der Waals surface area contributed by atoms with E-state index in [1.165, 1.54) is 19.1 Å². The summed E-state index contributed by atoms with van der Waals surface area (Å²) >= 11 is 0. The average molecular weight is 421 g/mol. The second-order valence-electron chi connectivity index (χ2n) is 7.50. The van der Waals surface area contributed by atoms with Gasteiger partial charge in [0.2, 0.25) is 5.91 Å². The summed E-state index contributed by atoms with van der Waals surface area (Å²) in [6, 6.07) is 11.0. The summed E-state index contributed by atoms with van der Waals surface area (Å²) in [5.74, 6) is 0.336. The van der Waals surface area contributed by atoms with E-state index in [9.17, 15) is 9.59 Å². The molecule has 1 aromatic heterocycles. The molecule has 0 aliphatic carbocycles. The third-order valence-corrected chi connectivity index (χ3v) is 5.26. The molecule has 0 unspecified atom stereocenters. The highest BCUT2D eigenvalue weighted by Gasteiger charge is 2.21. The van der Waals surface area contributed by atoms with Crippen LogP contribution in [0.25, 0.3) is 10.9 Å². The van der Waals surface area contributed by atoms with E-state index >= 15 is 0 Å². The molecular weight excluding hydrogens is 394 g/mol. The Morgan fingerprint density at radius 2 is 1.68 bits per heavy atom. The maximum atomic E-state index is 13.0. The van der Waals surface area contributed by atoms with Crippen molar-refractivity contribution < 1.29 is 19.1 Å². The number of rotatable bonds is 6. The predicted octanol–water partition coefficient (Wildman–Crippen LogP) is 3.75. The molecule has 0 fully saturated rings. The van der Waals surface area contributed by atoms with Crippen molar-refractivity contribution in [2.75, 3.05) is 33.6 Å². The molecule has 0 spiro atoms. The van der Waals surface area contributed by atoms with Crippen LogP contribution < -0.4 is 14.8 Å². The lowest BCUT2D eigenvalue weighted by Crippen LogP contribution is -2.25. The number of nitrogens with zero attached hydrogens (tertiary/aromatic N) is 2. The highest BCUT2D eigenvalue weighted by Crippen LogP contribution is 2.34. The molecule has 0 radical (unpaired) electrons. The van der Waals surface area contributed by atoms with Crippen molar-refractivity contribution >= 4 is 28.4 Å². The van der Waals surface area contributed by atoms with Crippen molar-refractivity contribution in [3.63, 3.8) is 0 Å². The molecule has 3 rings (SSSR count). The van der Waals surface area contributed by atoms with Crippen molar-refractivity contribution in [2.45, 2.75) is 20.3 Å². The van der Waals surface area contributed by atoms with E-state index < -0.39 is 0 Å². The Bertz CT molecular complexity index is 1160. The number of hydrogen-bond donors (Lipinski definition) is 1. The normalized spacial score (nSPS) is 10.6. The monoisotopic (exact) mass is 421 g/mol. The number of aryl methyl sites for hydroxylation is 2. The van der Waals surface area contributed by atoms with Gasteiger partial charge in [0.15, 0.2) is 11.5 Å². The number of nitrogens with one attached hydrogen (secondary N) is 1. The quantitative estimate of drug-likeness (QED) is 0.656. The number of fused-ring (bicyclic) bond motifs is 1. The molecule has 0 saturated carbocycles. The number of carbonyl (C=O) groups excluding carboxylic acids is 2. The minimum atomic E-state index is -0.254. The van der Waals surface area contributed by atoms with Crippen molar-refractivity contribution in [3.8, 4) is 11.5 Å². The Hall–Kier alpha value is -3.61. The van der Waals surface area contributed by atoms with Gasteiger partial charge in [0.05, 0.1) is 37.4 Å². The maximum absolute atomic E-state index is 13.0. The van der Waals surface area contributed by atoms with Crippen molar-refractivity contribution in [1.29, 1.82) is 0 Å².